The number of nitrogens with zero attached hydrogens (tertiary/aromatic N) is 1. The minimum Gasteiger partial charge on any atom is -0.345 e. The van der Waals surface area contributed by atoms with Crippen molar-refractivity contribution < 1.29 is 13.2 Å². The van der Waals surface area contributed by atoms with Crippen molar-refractivity contribution in [2.24, 2.45) is 15.8 Å². The lowest BCUT2D eigenvalue weighted by molar-refractivity contribution is -0.211. The van der Waals surface area contributed by atoms with Gasteiger partial charge in [0.25, 0.3) is 0 Å². The van der Waals surface area contributed by atoms with Crippen LogP contribution in [-0.4, -0.2) is 19.1 Å². The van der Waals surface area contributed by atoms with E-state index >= 15 is 0 Å². The van der Waals surface area contributed by atoms with Gasteiger partial charge in [0.2, 0.25) is 0 Å². The lowest BCUT2D eigenvalue weighted by Crippen LogP contribution is -2.34. The molecule has 0 saturated heterocycles. The Bertz CT molecular complexity index is 919. The van der Waals surface area contributed by atoms with E-state index in [9.17, 15) is 13.2 Å². The molecule has 3 nitrogen and oxygen atoms in total. The Kier molecular flexibility index (Phi) is 6.09. The molecule has 0 saturated carbocycles. The Balaban J connectivity index is 1.83. The number of aliphatic imine (C=N–C) groups is 1. The van der Waals surface area contributed by atoms with Gasteiger partial charge < -0.3 is 5.32 Å². The molecule has 1 atom stereocenters. The minimum atomic E-state index is -4.23. The van der Waals surface area contributed by atoms with Crippen molar-refractivity contribution >= 4 is 23.4 Å². The Morgan fingerprint density at radius 2 is 1.70 bits per heavy atom. The highest BCUT2D eigenvalue weighted by molar-refractivity contribution is 7.16. The van der Waals surface area contributed by atoms with Gasteiger partial charge in [-0.1, -0.05) is 58.9 Å². The van der Waals surface area contributed by atoms with Crippen molar-refractivity contribution in [3.05, 3.63) is 40.3 Å². The summed E-state index contributed by atoms with van der Waals surface area (Å²) in [5.41, 5.74) is 2.30. The van der Waals surface area contributed by atoms with Crippen molar-refractivity contribution in [1.29, 1.82) is 0 Å². The predicted molar refractivity (Wildman–Crippen MR) is 120 cm³/mol. The number of thiophene rings is 1. The van der Waals surface area contributed by atoms with E-state index in [0.717, 1.165) is 33.1 Å². The molecule has 1 unspecified atom stereocenters. The topological polar surface area (TPSA) is 36.4 Å². The number of rotatable bonds is 5. The number of fused-ring (bicyclic) bond motifs is 1. The van der Waals surface area contributed by atoms with E-state index in [0.29, 0.717) is 5.56 Å². The van der Waals surface area contributed by atoms with Crippen molar-refractivity contribution in [2.75, 3.05) is 11.9 Å². The molecule has 164 valence electrons. The quantitative estimate of drug-likeness (QED) is 0.531. The third-order valence-electron chi connectivity index (χ3n) is 5.31. The second-order valence-electron chi connectivity index (χ2n) is 9.82. The molecule has 2 N–H and O–H groups in total. The van der Waals surface area contributed by atoms with Crippen LogP contribution in [0.4, 0.5) is 18.9 Å². The van der Waals surface area contributed by atoms with Crippen molar-refractivity contribution in [1.82, 2.24) is 5.32 Å². The largest absolute Gasteiger partial charge is 0.394 e. The highest BCUT2D eigenvalue weighted by atomic mass is 32.1. The molecule has 30 heavy (non-hydrogen) atoms. The second kappa shape index (κ2) is 8.00. The summed E-state index contributed by atoms with van der Waals surface area (Å²) < 4.78 is 39.6. The Hall–Kier alpha value is -1.86. The number of benzene rings is 1. The van der Waals surface area contributed by atoms with Crippen LogP contribution in [0.25, 0.3) is 10.4 Å². The van der Waals surface area contributed by atoms with Gasteiger partial charge >= 0.3 is 6.18 Å². The van der Waals surface area contributed by atoms with Crippen LogP contribution < -0.4 is 10.6 Å². The molecular formula is C23H30F3N3S. The zero-order valence-corrected chi connectivity index (χ0v) is 19.2. The first-order chi connectivity index (χ1) is 13.8. The second-order valence-corrected chi connectivity index (χ2v) is 10.9. The summed E-state index contributed by atoms with van der Waals surface area (Å²) in [6.45, 7) is 11.9. The van der Waals surface area contributed by atoms with E-state index in [2.05, 4.69) is 43.3 Å². The molecule has 1 aliphatic rings. The van der Waals surface area contributed by atoms with E-state index in [1.807, 2.05) is 12.1 Å². The van der Waals surface area contributed by atoms with Gasteiger partial charge in [0.05, 0.1) is 22.3 Å². The molecule has 1 aliphatic heterocycles. The fraction of sp³-hybridized carbons (Fsp3) is 0.522. The summed E-state index contributed by atoms with van der Waals surface area (Å²) in [5.74, 6) is 0. The van der Waals surface area contributed by atoms with Crippen LogP contribution >= 0.6 is 11.3 Å². The number of hydrogen-bond donors (Lipinski definition) is 2. The first-order valence-corrected chi connectivity index (χ1v) is 10.9. The maximum atomic E-state index is 13.2. The van der Waals surface area contributed by atoms with E-state index in [4.69, 9.17) is 0 Å². The number of halogens is 3. The smallest absolute Gasteiger partial charge is 0.345 e. The number of anilines is 1. The van der Waals surface area contributed by atoms with Crippen LogP contribution in [0.3, 0.4) is 0 Å². The SMILES string of the molecule is Cc1c(-c2ccc(CC(C)(C)C(F)(F)F)cc2)sc2c1NC=NC2NCC(C)(C)C. The first-order valence-electron chi connectivity index (χ1n) is 10.1. The normalized spacial score (nSPS) is 17.0. The maximum absolute atomic E-state index is 13.2. The molecule has 0 amide bonds. The van der Waals surface area contributed by atoms with Gasteiger partial charge in [-0.05, 0) is 35.4 Å². The Labute approximate surface area is 180 Å². The number of alkyl halides is 3. The summed E-state index contributed by atoms with van der Waals surface area (Å²) in [4.78, 5) is 6.80. The molecule has 2 aromatic rings. The third-order valence-corrected chi connectivity index (χ3v) is 6.70. The molecule has 0 radical (unpaired) electrons. The molecule has 0 spiro atoms. The molecule has 2 heterocycles. The standard InChI is InChI=1S/C23H30F3N3S/c1-14-17-19(20(29-13-28-17)27-12-21(2,3)4)30-18(14)16-9-7-15(8-10-16)11-22(5,6)23(24,25)26/h7-10,13,20,27H,11-12H2,1-6H3,(H,28,29). The van der Waals surface area contributed by atoms with Gasteiger partial charge in [-0.15, -0.1) is 11.3 Å². The fourth-order valence-corrected chi connectivity index (χ4v) is 4.66. The summed E-state index contributed by atoms with van der Waals surface area (Å²) in [5, 5.41) is 6.79. The minimum absolute atomic E-state index is 0.0368. The zero-order chi connectivity index (χ0) is 22.3. The molecule has 7 heteroatoms. The summed E-state index contributed by atoms with van der Waals surface area (Å²) in [6, 6.07) is 7.45. The van der Waals surface area contributed by atoms with Gasteiger partial charge in [0.15, 0.2) is 0 Å². The van der Waals surface area contributed by atoms with Crippen LogP contribution in [0.2, 0.25) is 0 Å². The van der Waals surface area contributed by atoms with Crippen LogP contribution in [0.15, 0.2) is 29.3 Å². The lowest BCUT2D eigenvalue weighted by Gasteiger charge is -2.27. The highest BCUT2D eigenvalue weighted by Gasteiger charge is 2.46. The molecule has 0 fully saturated rings. The highest BCUT2D eigenvalue weighted by Crippen LogP contribution is 2.45. The van der Waals surface area contributed by atoms with Gasteiger partial charge in [0.1, 0.15) is 6.17 Å². The fourth-order valence-electron chi connectivity index (χ4n) is 3.36. The molecule has 0 aliphatic carbocycles. The van der Waals surface area contributed by atoms with E-state index < -0.39 is 11.6 Å². The summed E-state index contributed by atoms with van der Waals surface area (Å²) in [7, 11) is 0. The van der Waals surface area contributed by atoms with E-state index in [1.54, 1.807) is 29.8 Å². The van der Waals surface area contributed by atoms with Gasteiger partial charge in [-0.2, -0.15) is 13.2 Å². The van der Waals surface area contributed by atoms with Crippen molar-refractivity contribution in [3.8, 4) is 10.4 Å². The van der Waals surface area contributed by atoms with Gasteiger partial charge in [0, 0.05) is 11.4 Å². The van der Waals surface area contributed by atoms with Crippen LogP contribution in [0, 0.1) is 17.8 Å². The Morgan fingerprint density at radius 3 is 2.27 bits per heavy atom. The van der Waals surface area contributed by atoms with E-state index in [-0.39, 0.29) is 18.0 Å². The maximum Gasteiger partial charge on any atom is 0.394 e. The number of hydrogen-bond acceptors (Lipinski definition) is 4. The average Bonchev–Trinajstić information content (AvgIpc) is 2.96. The monoisotopic (exact) mass is 437 g/mol. The van der Waals surface area contributed by atoms with Gasteiger partial charge in [-0.25, -0.2) is 0 Å². The van der Waals surface area contributed by atoms with E-state index in [1.165, 1.54) is 13.8 Å². The zero-order valence-electron chi connectivity index (χ0n) is 18.4. The summed E-state index contributed by atoms with van der Waals surface area (Å²) in [6.07, 6.45) is -2.63. The van der Waals surface area contributed by atoms with Crippen LogP contribution in [0.1, 0.15) is 56.8 Å². The van der Waals surface area contributed by atoms with Crippen molar-refractivity contribution in [2.45, 2.75) is 60.3 Å². The summed E-state index contributed by atoms with van der Waals surface area (Å²) >= 11 is 1.68. The van der Waals surface area contributed by atoms with Gasteiger partial charge in [-0.3, -0.25) is 10.3 Å². The average molecular weight is 438 g/mol. The number of nitrogens with one attached hydrogen (secondary N) is 2. The van der Waals surface area contributed by atoms with Crippen LogP contribution in [0.5, 0.6) is 0 Å². The lowest BCUT2D eigenvalue weighted by atomic mass is 9.85. The first kappa shape index (κ1) is 22.8. The Morgan fingerprint density at radius 1 is 1.07 bits per heavy atom. The molecule has 0 bridgehead atoms. The molecule has 1 aromatic carbocycles. The molecular weight excluding hydrogens is 407 g/mol. The van der Waals surface area contributed by atoms with Crippen LogP contribution in [-0.2, 0) is 6.42 Å². The third kappa shape index (κ3) is 4.89. The predicted octanol–water partition coefficient (Wildman–Crippen LogP) is 6.94. The van der Waals surface area contributed by atoms with Crippen molar-refractivity contribution in [3.63, 3.8) is 0 Å². The molecule has 1 aromatic heterocycles. The molecule has 3 rings (SSSR count).